The second-order valence-corrected chi connectivity index (χ2v) is 10.1. The molecule has 10 heteroatoms. The largest absolute Gasteiger partial charge is 0.491 e. The first kappa shape index (κ1) is 23.4. The maximum Gasteiger partial charge on any atom is 0.258 e. The molecule has 2 amide bonds. The van der Waals surface area contributed by atoms with Gasteiger partial charge in [-0.05, 0) is 30.6 Å². The molecule has 1 fully saturated rings. The summed E-state index contributed by atoms with van der Waals surface area (Å²) in [7, 11) is 0. The Balaban J connectivity index is 1.62. The number of nitrogens with two attached hydrogens (primary N) is 1. The average Bonchev–Trinajstić information content (AvgIpc) is 3.18. The Morgan fingerprint density at radius 2 is 2.23 bits per heavy atom. The van der Waals surface area contributed by atoms with Gasteiger partial charge in [-0.25, -0.2) is 4.39 Å². The van der Waals surface area contributed by atoms with Crippen molar-refractivity contribution in [3.63, 3.8) is 0 Å². The molecule has 0 spiro atoms. The molecule has 2 aromatic rings. The number of rotatable bonds is 2. The SMILES string of the molecule is C=CC(=O)N1CCN2C(=O)c3cc(F)c(C4=c5c(C#N)c(N)sc5=CCC4)c(Cl)c3OCC[C@H]2C1. The maximum absolute atomic E-state index is 15.7. The van der Waals surface area contributed by atoms with E-state index in [0.717, 1.165) is 4.53 Å². The van der Waals surface area contributed by atoms with Crippen LogP contribution in [-0.4, -0.2) is 53.9 Å². The molecule has 3 aliphatic rings. The fourth-order valence-corrected chi connectivity index (χ4v) is 6.45. The Labute approximate surface area is 210 Å². The van der Waals surface area contributed by atoms with Crippen molar-refractivity contribution >= 4 is 51.4 Å². The first-order chi connectivity index (χ1) is 16.8. The number of fused-ring (bicyclic) bond motifs is 3. The van der Waals surface area contributed by atoms with Crippen LogP contribution < -0.4 is 20.2 Å². The van der Waals surface area contributed by atoms with Gasteiger partial charge < -0.3 is 20.3 Å². The second kappa shape index (κ2) is 9.02. The molecule has 3 heterocycles. The molecule has 1 aromatic carbocycles. The number of anilines is 1. The van der Waals surface area contributed by atoms with E-state index in [2.05, 4.69) is 12.6 Å². The highest BCUT2D eigenvalue weighted by molar-refractivity contribution is 7.14. The Morgan fingerprint density at radius 1 is 1.43 bits per heavy atom. The predicted molar refractivity (Wildman–Crippen MR) is 132 cm³/mol. The highest BCUT2D eigenvalue weighted by Crippen LogP contribution is 2.41. The molecule has 180 valence electrons. The fraction of sp³-hybridized carbons (Fsp3) is 0.320. The van der Waals surface area contributed by atoms with E-state index in [0.29, 0.717) is 60.3 Å². The summed E-state index contributed by atoms with van der Waals surface area (Å²) in [5.74, 6) is -1.09. The third kappa shape index (κ3) is 3.77. The Morgan fingerprint density at radius 3 is 2.97 bits per heavy atom. The van der Waals surface area contributed by atoms with Gasteiger partial charge in [0, 0.05) is 41.4 Å². The van der Waals surface area contributed by atoms with E-state index < -0.39 is 5.82 Å². The summed E-state index contributed by atoms with van der Waals surface area (Å²) in [5.41, 5.74) is 7.14. The minimum absolute atomic E-state index is 0.0174. The van der Waals surface area contributed by atoms with Gasteiger partial charge in [-0.3, -0.25) is 9.59 Å². The number of piperazine rings is 1. The maximum atomic E-state index is 15.7. The van der Waals surface area contributed by atoms with Crippen LogP contribution in [0.5, 0.6) is 5.75 Å². The molecule has 0 bridgehead atoms. The van der Waals surface area contributed by atoms with E-state index in [1.807, 2.05) is 6.08 Å². The van der Waals surface area contributed by atoms with Crippen molar-refractivity contribution < 1.29 is 18.7 Å². The number of benzene rings is 1. The fourth-order valence-electron chi connectivity index (χ4n) is 5.07. The third-order valence-corrected chi connectivity index (χ3v) is 8.11. The van der Waals surface area contributed by atoms with Crippen molar-refractivity contribution in [3.8, 4) is 11.8 Å². The van der Waals surface area contributed by atoms with Crippen molar-refractivity contribution in [1.29, 1.82) is 5.26 Å². The molecule has 1 aliphatic carbocycles. The van der Waals surface area contributed by atoms with Gasteiger partial charge in [0.1, 0.15) is 16.9 Å². The van der Waals surface area contributed by atoms with E-state index in [4.69, 9.17) is 22.1 Å². The van der Waals surface area contributed by atoms with Crippen molar-refractivity contribution in [2.24, 2.45) is 0 Å². The summed E-state index contributed by atoms with van der Waals surface area (Å²) >= 11 is 8.03. The van der Waals surface area contributed by atoms with Gasteiger partial charge in [0.2, 0.25) is 5.91 Å². The van der Waals surface area contributed by atoms with Crippen molar-refractivity contribution in [2.45, 2.75) is 25.3 Å². The number of nitrogen functional groups attached to an aromatic ring is 1. The standard InChI is InChI=1S/C25H22ClFN4O3S/c1-2-19(32)30-7-8-31-13(12-30)6-9-34-23-15(25(31)33)10-17(27)21(22(23)26)14-4-3-5-18-20(14)16(11-28)24(29)35-18/h2,5,10,13H,1,3-4,6-9,12,29H2/t13-/m0/s1. The molecule has 1 atom stereocenters. The van der Waals surface area contributed by atoms with Gasteiger partial charge in [-0.1, -0.05) is 24.3 Å². The predicted octanol–water partition coefficient (Wildman–Crippen LogP) is 2.39. The summed E-state index contributed by atoms with van der Waals surface area (Å²) < 4.78 is 22.5. The highest BCUT2D eigenvalue weighted by atomic mass is 35.5. The number of nitriles is 1. The van der Waals surface area contributed by atoms with E-state index in [-0.39, 0.29) is 46.4 Å². The van der Waals surface area contributed by atoms with Crippen LogP contribution in [0.25, 0.3) is 11.6 Å². The van der Waals surface area contributed by atoms with Gasteiger partial charge in [0.25, 0.3) is 5.91 Å². The highest BCUT2D eigenvalue weighted by Gasteiger charge is 2.37. The van der Waals surface area contributed by atoms with Crippen LogP contribution in [0.3, 0.4) is 0 Å². The number of thiophene rings is 1. The smallest absolute Gasteiger partial charge is 0.258 e. The number of amides is 2. The molecule has 2 aliphatic heterocycles. The third-order valence-electron chi connectivity index (χ3n) is 6.73. The zero-order valence-corrected chi connectivity index (χ0v) is 20.3. The summed E-state index contributed by atoms with van der Waals surface area (Å²) in [4.78, 5) is 28.9. The molecular formula is C25H22ClFN4O3S. The summed E-state index contributed by atoms with van der Waals surface area (Å²) in [6.45, 7) is 4.82. The van der Waals surface area contributed by atoms with Crippen LogP contribution in [-0.2, 0) is 4.79 Å². The number of halogens is 2. The minimum atomic E-state index is -0.653. The topological polar surface area (TPSA) is 99.7 Å². The Bertz CT molecular complexity index is 1440. The zero-order chi connectivity index (χ0) is 24.9. The van der Waals surface area contributed by atoms with Crippen LogP contribution in [0.2, 0.25) is 5.02 Å². The lowest BCUT2D eigenvalue weighted by Crippen LogP contribution is -2.57. The van der Waals surface area contributed by atoms with E-state index in [1.165, 1.54) is 23.5 Å². The van der Waals surface area contributed by atoms with E-state index >= 15 is 4.39 Å². The minimum Gasteiger partial charge on any atom is -0.491 e. The lowest BCUT2D eigenvalue weighted by atomic mass is 9.92. The molecule has 5 rings (SSSR count). The molecule has 1 aromatic heterocycles. The van der Waals surface area contributed by atoms with E-state index in [1.54, 1.807) is 9.80 Å². The second-order valence-electron chi connectivity index (χ2n) is 8.62. The molecule has 2 N–H and O–H groups in total. The molecule has 35 heavy (non-hydrogen) atoms. The first-order valence-corrected chi connectivity index (χ1v) is 12.4. The summed E-state index contributed by atoms with van der Waals surface area (Å²) in [6, 6.07) is 3.05. The lowest BCUT2D eigenvalue weighted by Gasteiger charge is -2.42. The van der Waals surface area contributed by atoms with Gasteiger partial charge in [0.15, 0.2) is 5.75 Å². The van der Waals surface area contributed by atoms with Crippen molar-refractivity contribution in [1.82, 2.24) is 9.80 Å². The number of nitrogens with zero attached hydrogens (tertiary/aromatic N) is 3. The molecule has 0 unspecified atom stereocenters. The van der Waals surface area contributed by atoms with Gasteiger partial charge in [-0.2, -0.15) is 5.26 Å². The summed E-state index contributed by atoms with van der Waals surface area (Å²) in [6.07, 6.45) is 4.85. The zero-order valence-electron chi connectivity index (χ0n) is 18.8. The number of hydrogen-bond donors (Lipinski definition) is 1. The van der Waals surface area contributed by atoms with Crippen LogP contribution in [0.1, 0.15) is 40.7 Å². The molecule has 0 saturated carbocycles. The van der Waals surface area contributed by atoms with Crippen molar-refractivity contribution in [2.75, 3.05) is 32.0 Å². The lowest BCUT2D eigenvalue weighted by molar-refractivity contribution is -0.128. The Hall–Kier alpha value is -3.35. The number of hydrogen-bond acceptors (Lipinski definition) is 6. The molecular weight excluding hydrogens is 491 g/mol. The summed E-state index contributed by atoms with van der Waals surface area (Å²) in [5, 5.41) is 10.7. The van der Waals surface area contributed by atoms with Crippen LogP contribution in [0.15, 0.2) is 18.7 Å². The molecule has 1 saturated heterocycles. The van der Waals surface area contributed by atoms with Crippen molar-refractivity contribution in [3.05, 3.63) is 56.0 Å². The first-order valence-electron chi connectivity index (χ1n) is 11.2. The average molecular weight is 513 g/mol. The molecule has 7 nitrogen and oxygen atoms in total. The normalized spacial score (nSPS) is 19.3. The van der Waals surface area contributed by atoms with Gasteiger partial charge in [0.05, 0.1) is 28.8 Å². The number of carbonyl (C=O) groups is 2. The van der Waals surface area contributed by atoms with E-state index in [9.17, 15) is 14.9 Å². The molecule has 0 radical (unpaired) electrons. The van der Waals surface area contributed by atoms with Crippen LogP contribution >= 0.6 is 22.9 Å². The monoisotopic (exact) mass is 512 g/mol. The number of ether oxygens (including phenoxy) is 1. The quantitative estimate of drug-likeness (QED) is 0.623. The van der Waals surface area contributed by atoms with Gasteiger partial charge >= 0.3 is 0 Å². The van der Waals surface area contributed by atoms with Crippen LogP contribution in [0, 0.1) is 17.1 Å². The van der Waals surface area contributed by atoms with Gasteiger partial charge in [-0.15, -0.1) is 11.3 Å². The van der Waals surface area contributed by atoms with Crippen LogP contribution in [0.4, 0.5) is 9.39 Å². The number of carbonyl (C=O) groups excluding carboxylic acids is 2. The Kier molecular flexibility index (Phi) is 6.03.